The predicted octanol–water partition coefficient (Wildman–Crippen LogP) is 6.81. The van der Waals surface area contributed by atoms with Gasteiger partial charge in [0, 0.05) is 11.1 Å². The van der Waals surface area contributed by atoms with Crippen LogP contribution in [0.3, 0.4) is 0 Å². The maximum absolute atomic E-state index is 12.6. The lowest BCUT2D eigenvalue weighted by Crippen LogP contribution is -2.03. The van der Waals surface area contributed by atoms with Crippen molar-refractivity contribution in [1.82, 2.24) is 0 Å². The molecule has 31 heavy (non-hydrogen) atoms. The van der Waals surface area contributed by atoms with E-state index in [2.05, 4.69) is 20.4 Å². The van der Waals surface area contributed by atoms with Gasteiger partial charge in [-0.05, 0) is 67.8 Å². The number of carbonyl (C=O) groups is 1. The van der Waals surface area contributed by atoms with Gasteiger partial charge in [-0.3, -0.25) is 4.79 Å². The van der Waals surface area contributed by atoms with Crippen LogP contribution in [0.15, 0.2) is 55.1 Å². The third-order valence-corrected chi connectivity index (χ3v) is 4.78. The number of unbranched alkanes of at least 4 members (excludes halogenated alkanes) is 2. The molecule has 0 aliphatic rings. The Morgan fingerprint density at radius 1 is 0.935 bits per heavy atom. The molecule has 0 amide bonds. The number of hydrogen-bond acceptors (Lipinski definition) is 4. The molecule has 0 spiro atoms. The molecule has 0 bridgehead atoms. The van der Waals surface area contributed by atoms with Crippen LogP contribution >= 0.6 is 0 Å². The minimum Gasteiger partial charge on any atom is -0.493 e. The Hall–Kier alpha value is -3.01. The largest absolute Gasteiger partial charge is 0.493 e. The number of ketones is 1. The first-order valence-corrected chi connectivity index (χ1v) is 11.0. The van der Waals surface area contributed by atoms with Crippen LogP contribution in [0.2, 0.25) is 0 Å². The van der Waals surface area contributed by atoms with Gasteiger partial charge in [0.25, 0.3) is 0 Å². The van der Waals surface area contributed by atoms with Gasteiger partial charge in [-0.25, -0.2) is 0 Å². The summed E-state index contributed by atoms with van der Waals surface area (Å²) in [4.78, 5) is 12.6. The van der Waals surface area contributed by atoms with Crippen LogP contribution in [0.25, 0.3) is 6.08 Å². The zero-order chi connectivity index (χ0) is 22.5. The van der Waals surface area contributed by atoms with E-state index in [4.69, 9.17) is 14.2 Å². The quantitative estimate of drug-likeness (QED) is 0.145. The maximum atomic E-state index is 12.6. The van der Waals surface area contributed by atoms with Crippen molar-refractivity contribution in [1.29, 1.82) is 0 Å². The lowest BCUT2D eigenvalue weighted by Gasteiger charge is -2.15. The van der Waals surface area contributed by atoms with Crippen molar-refractivity contribution in [2.75, 3.05) is 19.8 Å². The lowest BCUT2D eigenvalue weighted by molar-refractivity contribution is 0.104. The fourth-order valence-corrected chi connectivity index (χ4v) is 2.87. The predicted molar refractivity (Wildman–Crippen MR) is 127 cm³/mol. The van der Waals surface area contributed by atoms with Gasteiger partial charge in [0.2, 0.25) is 0 Å². The van der Waals surface area contributed by atoms with Crippen molar-refractivity contribution in [3.63, 3.8) is 0 Å². The van der Waals surface area contributed by atoms with E-state index in [1.165, 1.54) is 0 Å². The van der Waals surface area contributed by atoms with Gasteiger partial charge >= 0.3 is 0 Å². The summed E-state index contributed by atoms with van der Waals surface area (Å²) >= 11 is 0. The van der Waals surface area contributed by atoms with E-state index in [9.17, 15) is 4.79 Å². The summed E-state index contributed by atoms with van der Waals surface area (Å²) in [6.07, 6.45) is 9.21. The highest BCUT2D eigenvalue weighted by Crippen LogP contribution is 2.31. The van der Waals surface area contributed by atoms with E-state index in [1.54, 1.807) is 36.4 Å². The lowest BCUT2D eigenvalue weighted by atomic mass is 10.1. The van der Waals surface area contributed by atoms with Crippen LogP contribution in [0.1, 0.15) is 61.0 Å². The second-order valence-corrected chi connectivity index (χ2v) is 7.37. The monoisotopic (exact) mass is 422 g/mol. The van der Waals surface area contributed by atoms with Crippen molar-refractivity contribution >= 4 is 11.9 Å². The average molecular weight is 423 g/mol. The summed E-state index contributed by atoms with van der Waals surface area (Å²) in [5.74, 6) is 2.25. The van der Waals surface area contributed by atoms with Gasteiger partial charge < -0.3 is 14.2 Å². The molecule has 2 rings (SSSR count). The van der Waals surface area contributed by atoms with Crippen LogP contribution in [-0.4, -0.2) is 25.6 Å². The highest BCUT2D eigenvalue weighted by Gasteiger charge is 2.10. The minimum absolute atomic E-state index is 0.0715. The maximum Gasteiger partial charge on any atom is 0.185 e. The van der Waals surface area contributed by atoms with Crippen LogP contribution in [-0.2, 0) is 0 Å². The molecule has 0 fully saturated rings. The summed E-state index contributed by atoms with van der Waals surface area (Å²) in [5.41, 5.74) is 2.47. The topological polar surface area (TPSA) is 44.8 Å². The van der Waals surface area contributed by atoms with Crippen molar-refractivity contribution in [3.05, 3.63) is 71.8 Å². The molecule has 0 N–H and O–H groups in total. The molecule has 0 unspecified atom stereocenters. The van der Waals surface area contributed by atoms with Gasteiger partial charge in [0.1, 0.15) is 23.9 Å². The number of benzene rings is 2. The number of ether oxygens (including phenoxy) is 3. The molecule has 0 atom stereocenters. The molecular formula is C27H34O4. The second kappa shape index (κ2) is 13.3. The molecule has 0 aliphatic heterocycles. The Morgan fingerprint density at radius 2 is 1.52 bits per heavy atom. The molecule has 0 aliphatic carbocycles. The highest BCUT2D eigenvalue weighted by atomic mass is 16.5. The average Bonchev–Trinajstić information content (AvgIpc) is 2.79. The molecule has 4 heteroatoms. The number of carbonyl (C=O) groups excluding carboxylic acids is 1. The zero-order valence-corrected chi connectivity index (χ0v) is 19.0. The molecule has 0 aromatic heterocycles. The fraction of sp³-hybridized carbons (Fsp3) is 0.370. The van der Waals surface area contributed by atoms with Crippen molar-refractivity contribution in [3.8, 4) is 17.2 Å². The van der Waals surface area contributed by atoms with Crippen molar-refractivity contribution in [2.24, 2.45) is 0 Å². The number of allylic oxidation sites excluding steroid dienone is 1. The van der Waals surface area contributed by atoms with Crippen LogP contribution < -0.4 is 14.2 Å². The molecule has 0 heterocycles. The van der Waals surface area contributed by atoms with Crippen LogP contribution in [0, 0.1) is 6.92 Å². The van der Waals surface area contributed by atoms with Crippen molar-refractivity contribution < 1.29 is 19.0 Å². The molecule has 2 aromatic carbocycles. The van der Waals surface area contributed by atoms with E-state index in [0.717, 1.165) is 48.3 Å². The summed E-state index contributed by atoms with van der Waals surface area (Å²) in [6.45, 7) is 11.7. The molecule has 0 radical (unpaired) electrons. The van der Waals surface area contributed by atoms with Crippen molar-refractivity contribution in [2.45, 2.75) is 46.5 Å². The molecule has 0 saturated heterocycles. The van der Waals surface area contributed by atoms with E-state index >= 15 is 0 Å². The Morgan fingerprint density at radius 3 is 2.03 bits per heavy atom. The van der Waals surface area contributed by atoms with Gasteiger partial charge in [-0.1, -0.05) is 45.4 Å². The van der Waals surface area contributed by atoms with Gasteiger partial charge in [0.15, 0.2) is 5.78 Å². The van der Waals surface area contributed by atoms with E-state index in [-0.39, 0.29) is 5.78 Å². The summed E-state index contributed by atoms with van der Waals surface area (Å²) in [7, 11) is 0. The Kier molecular flexibility index (Phi) is 10.4. The summed E-state index contributed by atoms with van der Waals surface area (Å²) in [6, 6.07) is 11.0. The molecular weight excluding hydrogens is 388 g/mol. The number of rotatable bonds is 14. The molecule has 166 valence electrons. The summed E-state index contributed by atoms with van der Waals surface area (Å²) in [5, 5.41) is 0. The third kappa shape index (κ3) is 7.97. The van der Waals surface area contributed by atoms with E-state index < -0.39 is 0 Å². The Balaban J connectivity index is 2.17. The molecule has 2 aromatic rings. The minimum atomic E-state index is -0.0715. The van der Waals surface area contributed by atoms with Gasteiger partial charge in [-0.2, -0.15) is 0 Å². The van der Waals surface area contributed by atoms with Gasteiger partial charge in [-0.15, -0.1) is 0 Å². The first-order valence-electron chi connectivity index (χ1n) is 11.0. The van der Waals surface area contributed by atoms with Crippen LogP contribution in [0.4, 0.5) is 0 Å². The van der Waals surface area contributed by atoms with Crippen LogP contribution in [0.5, 0.6) is 17.2 Å². The van der Waals surface area contributed by atoms with E-state index in [1.807, 2.05) is 25.1 Å². The molecule has 0 saturated carbocycles. The standard InChI is InChI=1S/C27H34O4/c1-5-8-17-30-26-19-22(20-27(21(26)4)31-18-9-6-2)10-15-25(28)23-11-13-24(14-12-23)29-16-7-3/h7,10-15,19-20H,3,5-6,8-9,16-18H2,1-2,4H3. The zero-order valence-electron chi connectivity index (χ0n) is 19.0. The van der Waals surface area contributed by atoms with Gasteiger partial charge in [0.05, 0.1) is 13.2 Å². The number of hydrogen-bond donors (Lipinski definition) is 0. The van der Waals surface area contributed by atoms with E-state index in [0.29, 0.717) is 31.1 Å². The normalized spacial score (nSPS) is 10.8. The smallest absolute Gasteiger partial charge is 0.185 e. The Labute approximate surface area is 186 Å². The highest BCUT2D eigenvalue weighted by molar-refractivity contribution is 6.06. The second-order valence-electron chi connectivity index (χ2n) is 7.37. The summed E-state index contributed by atoms with van der Waals surface area (Å²) < 4.78 is 17.4. The Bertz CT molecular complexity index is 834. The first kappa shape index (κ1) is 24.3. The molecule has 4 nitrogen and oxygen atoms in total. The first-order chi connectivity index (χ1) is 15.1. The third-order valence-electron chi connectivity index (χ3n) is 4.78. The SMILES string of the molecule is C=CCOc1ccc(C(=O)C=Cc2cc(OCCCC)c(C)c(OCCCC)c2)cc1. The fourth-order valence-electron chi connectivity index (χ4n) is 2.87.